The van der Waals surface area contributed by atoms with Crippen LogP contribution >= 0.6 is 0 Å². The van der Waals surface area contributed by atoms with E-state index in [2.05, 4.69) is 5.32 Å². The van der Waals surface area contributed by atoms with Crippen LogP contribution in [0.2, 0.25) is 0 Å². The number of hydrogen-bond donors (Lipinski definition) is 1. The zero-order valence-corrected chi connectivity index (χ0v) is 9.52. The highest BCUT2D eigenvalue weighted by molar-refractivity contribution is 5.95. The second-order valence-corrected chi connectivity index (χ2v) is 4.66. The van der Waals surface area contributed by atoms with Crippen molar-refractivity contribution in [3.8, 4) is 0 Å². The standard InChI is InChI=1S/C12H16FNO/c1-8-7-9(13)5-6-10(8)11(15)14-12(2,3)4/h5-7H,1-4H3,(H,14,15). The Morgan fingerprint density at radius 3 is 2.40 bits per heavy atom. The Labute approximate surface area is 89.5 Å². The van der Waals surface area contributed by atoms with Gasteiger partial charge in [0.25, 0.3) is 5.91 Å². The molecule has 15 heavy (non-hydrogen) atoms. The maximum atomic E-state index is 12.8. The lowest BCUT2D eigenvalue weighted by Crippen LogP contribution is -2.40. The molecule has 0 aromatic heterocycles. The van der Waals surface area contributed by atoms with Crippen LogP contribution in [0.25, 0.3) is 0 Å². The van der Waals surface area contributed by atoms with Crippen molar-refractivity contribution in [2.24, 2.45) is 0 Å². The molecule has 0 unspecified atom stereocenters. The Kier molecular flexibility index (Phi) is 3.12. The molecule has 1 aromatic rings. The topological polar surface area (TPSA) is 29.1 Å². The molecule has 0 heterocycles. The summed E-state index contributed by atoms with van der Waals surface area (Å²) in [4.78, 5) is 11.8. The summed E-state index contributed by atoms with van der Waals surface area (Å²) in [6.07, 6.45) is 0. The number of carbonyl (C=O) groups is 1. The van der Waals surface area contributed by atoms with Crippen LogP contribution in [0.3, 0.4) is 0 Å². The van der Waals surface area contributed by atoms with Gasteiger partial charge in [0.05, 0.1) is 0 Å². The van der Waals surface area contributed by atoms with Crippen LogP contribution < -0.4 is 5.32 Å². The minimum atomic E-state index is -0.320. The number of amides is 1. The maximum absolute atomic E-state index is 12.8. The molecule has 1 aromatic carbocycles. The fourth-order valence-corrected chi connectivity index (χ4v) is 1.29. The van der Waals surface area contributed by atoms with Crippen LogP contribution in [0.4, 0.5) is 4.39 Å². The second kappa shape index (κ2) is 4.01. The maximum Gasteiger partial charge on any atom is 0.251 e. The second-order valence-electron chi connectivity index (χ2n) is 4.66. The molecular weight excluding hydrogens is 193 g/mol. The Hall–Kier alpha value is -1.38. The number of rotatable bonds is 1. The molecule has 0 saturated carbocycles. The Balaban J connectivity index is 2.92. The average Bonchev–Trinajstić information content (AvgIpc) is 1.99. The van der Waals surface area contributed by atoms with Crippen molar-refractivity contribution in [2.45, 2.75) is 33.2 Å². The van der Waals surface area contributed by atoms with E-state index in [0.29, 0.717) is 11.1 Å². The molecule has 0 fully saturated rings. The first-order valence-electron chi connectivity index (χ1n) is 4.88. The van der Waals surface area contributed by atoms with Gasteiger partial charge in [-0.25, -0.2) is 4.39 Å². The normalized spacial score (nSPS) is 11.3. The van der Waals surface area contributed by atoms with Gasteiger partial charge in [-0.05, 0) is 51.5 Å². The molecule has 1 rings (SSSR count). The van der Waals surface area contributed by atoms with Crippen LogP contribution in [0.15, 0.2) is 18.2 Å². The average molecular weight is 209 g/mol. The van der Waals surface area contributed by atoms with Gasteiger partial charge in [-0.2, -0.15) is 0 Å². The SMILES string of the molecule is Cc1cc(F)ccc1C(=O)NC(C)(C)C. The first-order chi connectivity index (χ1) is 6.79. The number of benzene rings is 1. The van der Waals surface area contributed by atoms with Crippen molar-refractivity contribution in [2.75, 3.05) is 0 Å². The van der Waals surface area contributed by atoms with E-state index in [4.69, 9.17) is 0 Å². The summed E-state index contributed by atoms with van der Waals surface area (Å²) >= 11 is 0. The summed E-state index contributed by atoms with van der Waals surface area (Å²) in [6.45, 7) is 7.44. The monoisotopic (exact) mass is 209 g/mol. The van der Waals surface area contributed by atoms with Gasteiger partial charge in [-0.1, -0.05) is 0 Å². The smallest absolute Gasteiger partial charge is 0.251 e. The summed E-state index contributed by atoms with van der Waals surface area (Å²) in [7, 11) is 0. The third-order valence-electron chi connectivity index (χ3n) is 1.92. The molecule has 0 aliphatic heterocycles. The summed E-state index contributed by atoms with van der Waals surface area (Å²) in [5.41, 5.74) is 0.890. The Morgan fingerprint density at radius 2 is 1.93 bits per heavy atom. The first kappa shape index (κ1) is 11.7. The van der Waals surface area contributed by atoms with Crippen LogP contribution in [0.5, 0.6) is 0 Å². The predicted molar refractivity (Wildman–Crippen MR) is 58.4 cm³/mol. The molecule has 0 aliphatic carbocycles. The summed E-state index contributed by atoms with van der Waals surface area (Å²) in [5, 5.41) is 2.83. The van der Waals surface area contributed by atoms with E-state index in [-0.39, 0.29) is 17.3 Å². The fraction of sp³-hybridized carbons (Fsp3) is 0.417. The van der Waals surface area contributed by atoms with E-state index in [9.17, 15) is 9.18 Å². The minimum absolute atomic E-state index is 0.167. The van der Waals surface area contributed by atoms with E-state index in [1.165, 1.54) is 18.2 Å². The Bertz CT molecular complexity index is 380. The largest absolute Gasteiger partial charge is 0.347 e. The molecule has 2 nitrogen and oxygen atoms in total. The van der Waals surface area contributed by atoms with Crippen LogP contribution in [-0.2, 0) is 0 Å². The number of hydrogen-bond acceptors (Lipinski definition) is 1. The van der Waals surface area contributed by atoms with Crippen molar-refractivity contribution < 1.29 is 9.18 Å². The Morgan fingerprint density at radius 1 is 1.33 bits per heavy atom. The molecule has 0 spiro atoms. The van der Waals surface area contributed by atoms with E-state index in [0.717, 1.165) is 0 Å². The predicted octanol–water partition coefficient (Wildman–Crippen LogP) is 2.66. The lowest BCUT2D eigenvalue weighted by atomic mass is 10.0. The molecule has 0 saturated heterocycles. The van der Waals surface area contributed by atoms with Gasteiger partial charge in [0.2, 0.25) is 0 Å². The van der Waals surface area contributed by atoms with Crippen molar-refractivity contribution in [1.82, 2.24) is 5.32 Å². The zero-order valence-electron chi connectivity index (χ0n) is 9.52. The molecule has 0 radical (unpaired) electrons. The molecule has 1 N–H and O–H groups in total. The molecule has 0 aliphatic rings. The zero-order chi connectivity index (χ0) is 11.6. The van der Waals surface area contributed by atoms with Gasteiger partial charge in [0.15, 0.2) is 0 Å². The quantitative estimate of drug-likeness (QED) is 0.757. The van der Waals surface area contributed by atoms with Gasteiger partial charge in [-0.3, -0.25) is 4.79 Å². The molecular formula is C12H16FNO. The highest BCUT2D eigenvalue weighted by Gasteiger charge is 2.16. The lowest BCUT2D eigenvalue weighted by Gasteiger charge is -2.21. The third-order valence-corrected chi connectivity index (χ3v) is 1.92. The van der Waals surface area contributed by atoms with Crippen molar-refractivity contribution in [1.29, 1.82) is 0 Å². The van der Waals surface area contributed by atoms with Gasteiger partial charge in [-0.15, -0.1) is 0 Å². The molecule has 1 amide bonds. The number of aryl methyl sites for hydroxylation is 1. The van der Waals surface area contributed by atoms with Gasteiger partial charge in [0.1, 0.15) is 5.82 Å². The molecule has 0 bridgehead atoms. The van der Waals surface area contributed by atoms with Crippen LogP contribution in [0, 0.1) is 12.7 Å². The van der Waals surface area contributed by atoms with Crippen molar-refractivity contribution in [3.05, 3.63) is 35.1 Å². The lowest BCUT2D eigenvalue weighted by molar-refractivity contribution is 0.0919. The van der Waals surface area contributed by atoms with Gasteiger partial charge < -0.3 is 5.32 Å². The molecule has 82 valence electrons. The van der Waals surface area contributed by atoms with Crippen LogP contribution in [0.1, 0.15) is 36.7 Å². The number of halogens is 1. The van der Waals surface area contributed by atoms with Gasteiger partial charge in [0, 0.05) is 11.1 Å². The summed E-state index contributed by atoms with van der Waals surface area (Å²) < 4.78 is 12.8. The van der Waals surface area contributed by atoms with E-state index < -0.39 is 0 Å². The fourth-order valence-electron chi connectivity index (χ4n) is 1.29. The molecule has 3 heteroatoms. The summed E-state index contributed by atoms with van der Waals surface area (Å²) in [6, 6.07) is 4.16. The third kappa shape index (κ3) is 3.35. The van der Waals surface area contributed by atoms with Gasteiger partial charge >= 0.3 is 0 Å². The van der Waals surface area contributed by atoms with E-state index >= 15 is 0 Å². The minimum Gasteiger partial charge on any atom is -0.347 e. The number of nitrogens with one attached hydrogen (secondary N) is 1. The highest BCUT2D eigenvalue weighted by Crippen LogP contribution is 2.11. The van der Waals surface area contributed by atoms with Crippen molar-refractivity contribution in [3.63, 3.8) is 0 Å². The van der Waals surface area contributed by atoms with Crippen LogP contribution in [-0.4, -0.2) is 11.4 Å². The van der Waals surface area contributed by atoms with E-state index in [1.54, 1.807) is 6.92 Å². The van der Waals surface area contributed by atoms with Crippen molar-refractivity contribution >= 4 is 5.91 Å². The van der Waals surface area contributed by atoms with E-state index in [1.807, 2.05) is 20.8 Å². The highest BCUT2D eigenvalue weighted by atomic mass is 19.1. The summed E-state index contributed by atoms with van der Waals surface area (Å²) in [5.74, 6) is -0.486. The number of carbonyl (C=O) groups excluding carboxylic acids is 1. The first-order valence-corrected chi connectivity index (χ1v) is 4.88. The molecule has 0 atom stereocenters.